The summed E-state index contributed by atoms with van der Waals surface area (Å²) < 4.78 is 5.19. The standard InChI is InChI=1S/C13H20N2O4S/c1-9(8-10-4-3-6-19-10)14-13(18)15-11(12(16)17)5-7-20-2/h3-4,6,9,11H,5,7-8H2,1-2H3,(H,16,17)(H2,14,15,18). The summed E-state index contributed by atoms with van der Waals surface area (Å²) in [5.74, 6) is 0.432. The van der Waals surface area contributed by atoms with Crippen molar-refractivity contribution in [2.24, 2.45) is 0 Å². The summed E-state index contributed by atoms with van der Waals surface area (Å²) in [7, 11) is 0. The van der Waals surface area contributed by atoms with Crippen LogP contribution in [0.1, 0.15) is 19.1 Å². The number of hydrogen-bond acceptors (Lipinski definition) is 4. The summed E-state index contributed by atoms with van der Waals surface area (Å²) in [4.78, 5) is 22.8. The lowest BCUT2D eigenvalue weighted by Gasteiger charge is -2.17. The van der Waals surface area contributed by atoms with Gasteiger partial charge in [-0.25, -0.2) is 9.59 Å². The first-order valence-electron chi connectivity index (χ1n) is 6.34. The van der Waals surface area contributed by atoms with Gasteiger partial charge in [0.15, 0.2) is 0 Å². The number of aliphatic carboxylic acids is 1. The maximum atomic E-state index is 11.7. The highest BCUT2D eigenvalue weighted by atomic mass is 32.2. The molecule has 7 heteroatoms. The van der Waals surface area contributed by atoms with Gasteiger partial charge in [-0.1, -0.05) is 0 Å². The van der Waals surface area contributed by atoms with Crippen molar-refractivity contribution in [2.45, 2.75) is 31.8 Å². The zero-order valence-corrected chi connectivity index (χ0v) is 12.4. The van der Waals surface area contributed by atoms with Crippen LogP contribution in [0.3, 0.4) is 0 Å². The summed E-state index contributed by atoms with van der Waals surface area (Å²) in [6.07, 6.45) is 4.43. The van der Waals surface area contributed by atoms with Crippen molar-refractivity contribution in [3.8, 4) is 0 Å². The van der Waals surface area contributed by atoms with Gasteiger partial charge in [-0.15, -0.1) is 0 Å². The first-order valence-corrected chi connectivity index (χ1v) is 7.73. The van der Waals surface area contributed by atoms with E-state index in [4.69, 9.17) is 9.52 Å². The molecule has 0 saturated heterocycles. The molecule has 0 fully saturated rings. The van der Waals surface area contributed by atoms with Crippen molar-refractivity contribution in [1.82, 2.24) is 10.6 Å². The number of carbonyl (C=O) groups excluding carboxylic acids is 1. The SMILES string of the molecule is CSCCC(NC(=O)NC(C)Cc1ccco1)C(=O)O. The van der Waals surface area contributed by atoms with Crippen LogP contribution in [-0.2, 0) is 11.2 Å². The van der Waals surface area contributed by atoms with Crippen LogP contribution >= 0.6 is 11.8 Å². The summed E-state index contributed by atoms with van der Waals surface area (Å²) in [5.41, 5.74) is 0. The fourth-order valence-electron chi connectivity index (χ4n) is 1.70. The van der Waals surface area contributed by atoms with E-state index in [2.05, 4.69) is 10.6 Å². The van der Waals surface area contributed by atoms with Crippen molar-refractivity contribution in [3.05, 3.63) is 24.2 Å². The second-order valence-electron chi connectivity index (χ2n) is 4.47. The van der Waals surface area contributed by atoms with Gasteiger partial charge >= 0.3 is 12.0 Å². The Hall–Kier alpha value is -1.63. The Kier molecular flexibility index (Phi) is 7.00. The van der Waals surface area contributed by atoms with Gasteiger partial charge in [0.25, 0.3) is 0 Å². The van der Waals surface area contributed by atoms with Gasteiger partial charge < -0.3 is 20.2 Å². The van der Waals surface area contributed by atoms with E-state index < -0.39 is 18.0 Å². The fourth-order valence-corrected chi connectivity index (χ4v) is 2.17. The van der Waals surface area contributed by atoms with Crippen molar-refractivity contribution in [3.63, 3.8) is 0 Å². The second kappa shape index (κ2) is 8.52. The van der Waals surface area contributed by atoms with Crippen LogP contribution in [0.2, 0.25) is 0 Å². The largest absolute Gasteiger partial charge is 0.480 e. The summed E-state index contributed by atoms with van der Waals surface area (Å²) in [6, 6.07) is 2.13. The van der Waals surface area contributed by atoms with Crippen LogP contribution < -0.4 is 10.6 Å². The van der Waals surface area contributed by atoms with Crippen LogP contribution in [-0.4, -0.2) is 41.2 Å². The van der Waals surface area contributed by atoms with E-state index >= 15 is 0 Å². The number of nitrogens with one attached hydrogen (secondary N) is 2. The van der Waals surface area contributed by atoms with Crippen LogP contribution in [0.5, 0.6) is 0 Å². The van der Waals surface area contributed by atoms with Gasteiger partial charge in [0.1, 0.15) is 11.8 Å². The lowest BCUT2D eigenvalue weighted by atomic mass is 10.2. The van der Waals surface area contributed by atoms with E-state index in [-0.39, 0.29) is 6.04 Å². The molecule has 0 aliphatic carbocycles. The lowest BCUT2D eigenvalue weighted by molar-refractivity contribution is -0.139. The minimum Gasteiger partial charge on any atom is -0.480 e. The molecule has 6 nitrogen and oxygen atoms in total. The Labute approximate surface area is 122 Å². The topological polar surface area (TPSA) is 91.6 Å². The summed E-state index contributed by atoms with van der Waals surface area (Å²) >= 11 is 1.54. The number of thioether (sulfide) groups is 1. The molecule has 1 rings (SSSR count). The van der Waals surface area contributed by atoms with E-state index in [1.165, 1.54) is 0 Å². The quantitative estimate of drug-likeness (QED) is 0.680. The molecule has 1 heterocycles. The molecular weight excluding hydrogens is 280 g/mol. The molecule has 0 spiro atoms. The molecule has 1 aromatic heterocycles. The molecule has 3 N–H and O–H groups in total. The van der Waals surface area contributed by atoms with E-state index in [1.807, 2.05) is 19.2 Å². The van der Waals surface area contributed by atoms with Gasteiger partial charge in [-0.2, -0.15) is 11.8 Å². The van der Waals surface area contributed by atoms with E-state index in [0.29, 0.717) is 18.6 Å². The first kappa shape index (κ1) is 16.4. The van der Waals surface area contributed by atoms with Crippen molar-refractivity contribution in [1.29, 1.82) is 0 Å². The van der Waals surface area contributed by atoms with Gasteiger partial charge in [0, 0.05) is 12.5 Å². The molecule has 0 bridgehead atoms. The smallest absolute Gasteiger partial charge is 0.326 e. The molecule has 2 atom stereocenters. The van der Waals surface area contributed by atoms with Gasteiger partial charge in [0.2, 0.25) is 0 Å². The lowest BCUT2D eigenvalue weighted by Crippen LogP contribution is -2.49. The predicted molar refractivity (Wildman–Crippen MR) is 78.0 cm³/mol. The summed E-state index contributed by atoms with van der Waals surface area (Å²) in [6.45, 7) is 1.83. The summed E-state index contributed by atoms with van der Waals surface area (Å²) in [5, 5.41) is 14.2. The van der Waals surface area contributed by atoms with Crippen LogP contribution in [0.25, 0.3) is 0 Å². The average molecular weight is 300 g/mol. The molecule has 0 saturated carbocycles. The van der Waals surface area contributed by atoms with E-state index in [0.717, 1.165) is 5.76 Å². The minimum absolute atomic E-state index is 0.142. The Bertz CT molecular complexity index is 422. The first-order chi connectivity index (χ1) is 9.52. The molecule has 0 aliphatic heterocycles. The van der Waals surface area contributed by atoms with Crippen molar-refractivity contribution >= 4 is 23.8 Å². The number of carbonyl (C=O) groups is 2. The van der Waals surface area contributed by atoms with Gasteiger partial charge in [0.05, 0.1) is 6.26 Å². The minimum atomic E-state index is -1.02. The van der Waals surface area contributed by atoms with Gasteiger partial charge in [-0.3, -0.25) is 0 Å². The Morgan fingerprint density at radius 2 is 2.20 bits per heavy atom. The predicted octanol–water partition coefficient (Wildman–Crippen LogP) is 1.72. The third-order valence-electron chi connectivity index (χ3n) is 2.68. The Morgan fingerprint density at radius 1 is 1.45 bits per heavy atom. The maximum Gasteiger partial charge on any atom is 0.326 e. The third-order valence-corrected chi connectivity index (χ3v) is 3.32. The molecule has 1 aromatic rings. The monoisotopic (exact) mass is 300 g/mol. The highest BCUT2D eigenvalue weighted by molar-refractivity contribution is 7.98. The van der Waals surface area contributed by atoms with Crippen molar-refractivity contribution in [2.75, 3.05) is 12.0 Å². The third kappa shape index (κ3) is 6.01. The Balaban J connectivity index is 2.38. The molecule has 0 aromatic carbocycles. The molecular formula is C13H20N2O4S. The van der Waals surface area contributed by atoms with Gasteiger partial charge in [-0.05, 0) is 37.5 Å². The second-order valence-corrected chi connectivity index (χ2v) is 5.46. The number of carboxylic acid groups (broad SMARTS) is 1. The number of carboxylic acids is 1. The highest BCUT2D eigenvalue weighted by Gasteiger charge is 2.20. The number of hydrogen-bond donors (Lipinski definition) is 3. The highest BCUT2D eigenvalue weighted by Crippen LogP contribution is 2.04. The molecule has 2 unspecified atom stereocenters. The Morgan fingerprint density at radius 3 is 2.75 bits per heavy atom. The van der Waals surface area contributed by atoms with Crippen LogP contribution in [0.4, 0.5) is 4.79 Å². The zero-order chi connectivity index (χ0) is 15.0. The number of amides is 2. The normalized spacial score (nSPS) is 13.5. The van der Waals surface area contributed by atoms with E-state index in [1.54, 1.807) is 24.1 Å². The number of rotatable bonds is 8. The molecule has 112 valence electrons. The number of urea groups is 1. The van der Waals surface area contributed by atoms with Crippen molar-refractivity contribution < 1.29 is 19.1 Å². The molecule has 0 aliphatic rings. The molecule has 0 radical (unpaired) electrons. The zero-order valence-electron chi connectivity index (χ0n) is 11.6. The van der Waals surface area contributed by atoms with Crippen LogP contribution in [0.15, 0.2) is 22.8 Å². The number of furan rings is 1. The maximum absolute atomic E-state index is 11.7. The average Bonchev–Trinajstić information content (AvgIpc) is 2.86. The molecule has 2 amide bonds. The molecule has 20 heavy (non-hydrogen) atoms. The van der Waals surface area contributed by atoms with Crippen LogP contribution in [0, 0.1) is 0 Å². The van der Waals surface area contributed by atoms with E-state index in [9.17, 15) is 9.59 Å². The fraction of sp³-hybridized carbons (Fsp3) is 0.538.